The van der Waals surface area contributed by atoms with E-state index in [2.05, 4.69) is 0 Å². The van der Waals surface area contributed by atoms with E-state index < -0.39 is 0 Å². The second-order valence-corrected chi connectivity index (χ2v) is 4.10. The molecule has 1 aromatic heterocycles. The maximum atomic E-state index is 12.9. The van der Waals surface area contributed by atoms with Crippen molar-refractivity contribution >= 4 is 11.0 Å². The van der Waals surface area contributed by atoms with Gasteiger partial charge in [0.2, 0.25) is 0 Å². The molecule has 1 aromatic carbocycles. The molecule has 0 aliphatic rings. The molecule has 0 saturated carbocycles. The molecule has 0 radical (unpaired) electrons. The van der Waals surface area contributed by atoms with Crippen molar-refractivity contribution in [3.63, 3.8) is 0 Å². The molecule has 0 unspecified atom stereocenters. The second-order valence-electron chi connectivity index (χ2n) is 4.10. The van der Waals surface area contributed by atoms with E-state index in [-0.39, 0.29) is 11.9 Å². The standard InChI is InChI=1S/C12H14FNO/c1-7(2)12(14)11-6-8-5-9(13)3-4-10(8)15-11/h3-7,12H,14H2,1-2H3/t12-/m0/s1. The summed E-state index contributed by atoms with van der Waals surface area (Å²) >= 11 is 0. The first-order valence-corrected chi connectivity index (χ1v) is 5.02. The van der Waals surface area contributed by atoms with E-state index in [1.165, 1.54) is 12.1 Å². The fourth-order valence-corrected chi connectivity index (χ4v) is 1.53. The molecule has 2 N–H and O–H groups in total. The van der Waals surface area contributed by atoms with E-state index in [0.717, 1.165) is 5.39 Å². The zero-order valence-electron chi connectivity index (χ0n) is 8.83. The molecule has 0 saturated heterocycles. The van der Waals surface area contributed by atoms with E-state index in [1.807, 2.05) is 19.9 Å². The molecule has 1 heterocycles. The fraction of sp³-hybridized carbons (Fsp3) is 0.333. The molecule has 0 fully saturated rings. The highest BCUT2D eigenvalue weighted by Gasteiger charge is 2.15. The van der Waals surface area contributed by atoms with Crippen molar-refractivity contribution in [2.75, 3.05) is 0 Å². The summed E-state index contributed by atoms with van der Waals surface area (Å²) in [5.74, 6) is 0.758. The highest BCUT2D eigenvalue weighted by Crippen LogP contribution is 2.26. The molecule has 3 heteroatoms. The van der Waals surface area contributed by atoms with Gasteiger partial charge in [-0.2, -0.15) is 0 Å². The van der Waals surface area contributed by atoms with Gasteiger partial charge < -0.3 is 10.2 Å². The van der Waals surface area contributed by atoms with Crippen molar-refractivity contribution in [3.8, 4) is 0 Å². The Morgan fingerprint density at radius 3 is 2.67 bits per heavy atom. The molecule has 15 heavy (non-hydrogen) atoms. The van der Waals surface area contributed by atoms with Crippen molar-refractivity contribution in [2.45, 2.75) is 19.9 Å². The summed E-state index contributed by atoms with van der Waals surface area (Å²) in [6.07, 6.45) is 0. The minimum Gasteiger partial charge on any atom is -0.459 e. The highest BCUT2D eigenvalue weighted by molar-refractivity contribution is 5.78. The number of benzene rings is 1. The summed E-state index contributed by atoms with van der Waals surface area (Å²) in [6.45, 7) is 4.05. The number of hydrogen-bond donors (Lipinski definition) is 1. The Balaban J connectivity index is 2.47. The number of hydrogen-bond acceptors (Lipinski definition) is 2. The molecule has 0 bridgehead atoms. The summed E-state index contributed by atoms with van der Waals surface area (Å²) in [4.78, 5) is 0. The van der Waals surface area contributed by atoms with Gasteiger partial charge in [0, 0.05) is 5.39 Å². The molecule has 1 atom stereocenters. The maximum Gasteiger partial charge on any atom is 0.134 e. The van der Waals surface area contributed by atoms with Gasteiger partial charge in [0.15, 0.2) is 0 Å². The van der Waals surface area contributed by atoms with E-state index >= 15 is 0 Å². The van der Waals surface area contributed by atoms with Crippen LogP contribution in [0.4, 0.5) is 4.39 Å². The average Bonchev–Trinajstić information content (AvgIpc) is 2.58. The number of nitrogens with two attached hydrogens (primary N) is 1. The van der Waals surface area contributed by atoms with Gasteiger partial charge in [0.25, 0.3) is 0 Å². The van der Waals surface area contributed by atoms with Crippen LogP contribution in [0.25, 0.3) is 11.0 Å². The summed E-state index contributed by atoms with van der Waals surface area (Å²) < 4.78 is 18.5. The normalized spacial score (nSPS) is 13.7. The van der Waals surface area contributed by atoms with Crippen molar-refractivity contribution in [2.24, 2.45) is 11.7 Å². The third-order valence-electron chi connectivity index (χ3n) is 2.54. The monoisotopic (exact) mass is 207 g/mol. The van der Waals surface area contributed by atoms with E-state index in [9.17, 15) is 4.39 Å². The summed E-state index contributed by atoms with van der Waals surface area (Å²) in [6, 6.07) is 6.14. The largest absolute Gasteiger partial charge is 0.459 e. The van der Waals surface area contributed by atoms with Crippen molar-refractivity contribution < 1.29 is 8.81 Å². The van der Waals surface area contributed by atoms with Gasteiger partial charge in [0.05, 0.1) is 6.04 Å². The highest BCUT2D eigenvalue weighted by atomic mass is 19.1. The lowest BCUT2D eigenvalue weighted by Crippen LogP contribution is -2.15. The number of halogens is 1. The Labute approximate surface area is 87.9 Å². The van der Waals surface area contributed by atoms with Crippen LogP contribution in [0.2, 0.25) is 0 Å². The van der Waals surface area contributed by atoms with Crippen molar-refractivity contribution in [1.82, 2.24) is 0 Å². The molecule has 0 amide bonds. The molecular formula is C12H14FNO. The Morgan fingerprint density at radius 1 is 1.27 bits per heavy atom. The van der Waals surface area contributed by atoms with E-state index in [0.29, 0.717) is 17.3 Å². The first-order valence-electron chi connectivity index (χ1n) is 5.02. The molecule has 0 aliphatic heterocycles. The van der Waals surface area contributed by atoms with Crippen LogP contribution in [0.1, 0.15) is 25.6 Å². The smallest absolute Gasteiger partial charge is 0.134 e. The first-order chi connectivity index (χ1) is 7.08. The van der Waals surface area contributed by atoms with E-state index in [4.69, 9.17) is 10.2 Å². The van der Waals surface area contributed by atoms with Crippen molar-refractivity contribution in [3.05, 3.63) is 35.8 Å². The van der Waals surface area contributed by atoms with Crippen LogP contribution in [-0.4, -0.2) is 0 Å². The number of furan rings is 1. The van der Waals surface area contributed by atoms with Gasteiger partial charge in [-0.1, -0.05) is 13.8 Å². The van der Waals surface area contributed by atoms with Crippen LogP contribution in [0.5, 0.6) is 0 Å². The average molecular weight is 207 g/mol. The first kappa shape index (κ1) is 10.2. The maximum absolute atomic E-state index is 12.9. The third kappa shape index (κ3) is 1.88. The zero-order valence-corrected chi connectivity index (χ0v) is 8.83. The Hall–Kier alpha value is -1.35. The van der Waals surface area contributed by atoms with Crippen LogP contribution in [0.15, 0.2) is 28.7 Å². The van der Waals surface area contributed by atoms with Crippen LogP contribution in [0, 0.1) is 11.7 Å². The molecule has 2 nitrogen and oxygen atoms in total. The molecule has 2 aromatic rings. The van der Waals surface area contributed by atoms with Gasteiger partial charge in [-0.3, -0.25) is 0 Å². The molecule has 2 rings (SSSR count). The van der Waals surface area contributed by atoms with Gasteiger partial charge in [0.1, 0.15) is 17.2 Å². The Kier molecular flexibility index (Phi) is 2.49. The topological polar surface area (TPSA) is 39.2 Å². The van der Waals surface area contributed by atoms with Gasteiger partial charge in [-0.15, -0.1) is 0 Å². The van der Waals surface area contributed by atoms with Gasteiger partial charge in [-0.25, -0.2) is 4.39 Å². The molecule has 0 aliphatic carbocycles. The zero-order chi connectivity index (χ0) is 11.0. The lowest BCUT2D eigenvalue weighted by molar-refractivity contribution is 0.418. The number of rotatable bonds is 2. The van der Waals surface area contributed by atoms with Crippen LogP contribution in [0.3, 0.4) is 0 Å². The second kappa shape index (κ2) is 3.66. The summed E-state index contributed by atoms with van der Waals surface area (Å²) in [5, 5.41) is 0.765. The number of fused-ring (bicyclic) bond motifs is 1. The minimum atomic E-state index is -0.257. The lowest BCUT2D eigenvalue weighted by Gasteiger charge is -2.11. The van der Waals surface area contributed by atoms with Crippen LogP contribution in [-0.2, 0) is 0 Å². The van der Waals surface area contributed by atoms with E-state index in [1.54, 1.807) is 6.07 Å². The third-order valence-corrected chi connectivity index (χ3v) is 2.54. The Morgan fingerprint density at radius 2 is 2.00 bits per heavy atom. The molecule has 0 spiro atoms. The van der Waals surface area contributed by atoms with Crippen molar-refractivity contribution in [1.29, 1.82) is 0 Å². The van der Waals surface area contributed by atoms with Gasteiger partial charge >= 0.3 is 0 Å². The molecular weight excluding hydrogens is 193 g/mol. The predicted molar refractivity (Wildman–Crippen MR) is 57.9 cm³/mol. The van der Waals surface area contributed by atoms with Crippen LogP contribution < -0.4 is 5.73 Å². The minimum absolute atomic E-state index is 0.138. The SMILES string of the molecule is CC(C)[C@H](N)c1cc2cc(F)ccc2o1. The fourth-order valence-electron chi connectivity index (χ4n) is 1.53. The lowest BCUT2D eigenvalue weighted by atomic mass is 10.0. The summed E-state index contributed by atoms with van der Waals surface area (Å²) in [7, 11) is 0. The van der Waals surface area contributed by atoms with Gasteiger partial charge in [-0.05, 0) is 30.2 Å². The van der Waals surface area contributed by atoms with Crippen LogP contribution >= 0.6 is 0 Å². The summed E-state index contributed by atoms with van der Waals surface area (Å²) in [5.41, 5.74) is 6.64. The predicted octanol–water partition coefficient (Wildman–Crippen LogP) is 3.23. The quantitative estimate of drug-likeness (QED) is 0.821. The Bertz CT molecular complexity index is 475. The molecule has 80 valence electrons.